The summed E-state index contributed by atoms with van der Waals surface area (Å²) in [4.78, 5) is 10.5. The van der Waals surface area contributed by atoms with E-state index >= 15 is 0 Å². The van der Waals surface area contributed by atoms with E-state index in [9.17, 15) is 9.18 Å². The third-order valence-electron chi connectivity index (χ3n) is 2.04. The van der Waals surface area contributed by atoms with Crippen LogP contribution >= 0.6 is 11.6 Å². The zero-order valence-electron chi connectivity index (χ0n) is 7.46. The first-order valence-corrected chi connectivity index (χ1v) is 4.53. The molecule has 78 valence electrons. The molecule has 0 unspecified atom stereocenters. The Morgan fingerprint density at radius 1 is 1.53 bits per heavy atom. The summed E-state index contributed by atoms with van der Waals surface area (Å²) in [5.74, 6) is -1.57. The molecule has 3 nitrogen and oxygen atoms in total. The lowest BCUT2D eigenvalue weighted by Crippen LogP contribution is -1.99. The topological polar surface area (TPSA) is 50.4 Å². The van der Waals surface area contributed by atoms with E-state index < -0.39 is 11.8 Å². The van der Waals surface area contributed by atoms with Crippen molar-refractivity contribution in [3.8, 4) is 0 Å². The first kappa shape index (κ1) is 9.98. The second kappa shape index (κ2) is 3.55. The van der Waals surface area contributed by atoms with E-state index in [-0.39, 0.29) is 28.0 Å². The van der Waals surface area contributed by atoms with E-state index in [1.807, 2.05) is 0 Å². The molecule has 1 heterocycles. The van der Waals surface area contributed by atoms with Gasteiger partial charge >= 0.3 is 5.97 Å². The molecule has 0 saturated carbocycles. The Labute approximate surface area is 89.1 Å². The average molecular weight is 229 g/mol. The maximum Gasteiger partial charge on any atom is 0.307 e. The van der Waals surface area contributed by atoms with Crippen molar-refractivity contribution in [2.75, 3.05) is 0 Å². The van der Waals surface area contributed by atoms with Crippen LogP contribution in [-0.2, 0) is 11.2 Å². The zero-order chi connectivity index (χ0) is 11.0. The summed E-state index contributed by atoms with van der Waals surface area (Å²) >= 11 is 5.77. The predicted molar refractivity (Wildman–Crippen MR) is 52.5 cm³/mol. The molecule has 0 atom stereocenters. The molecule has 0 radical (unpaired) electrons. The van der Waals surface area contributed by atoms with Crippen LogP contribution in [-0.4, -0.2) is 11.1 Å². The van der Waals surface area contributed by atoms with E-state index in [4.69, 9.17) is 21.1 Å². The highest BCUT2D eigenvalue weighted by Crippen LogP contribution is 2.30. The first-order chi connectivity index (χ1) is 7.09. The fourth-order valence-corrected chi connectivity index (χ4v) is 1.63. The van der Waals surface area contributed by atoms with Crippen LogP contribution in [0.15, 0.2) is 22.8 Å². The third-order valence-corrected chi connectivity index (χ3v) is 2.34. The Hall–Kier alpha value is -1.55. The zero-order valence-corrected chi connectivity index (χ0v) is 8.21. The van der Waals surface area contributed by atoms with Gasteiger partial charge in [0.1, 0.15) is 5.82 Å². The number of benzene rings is 1. The lowest BCUT2D eigenvalue weighted by molar-refractivity contribution is -0.136. The van der Waals surface area contributed by atoms with E-state index in [1.165, 1.54) is 18.4 Å². The molecule has 0 aliphatic carbocycles. The Balaban J connectivity index is 2.67. The summed E-state index contributed by atoms with van der Waals surface area (Å²) in [5, 5.41) is 9.02. The van der Waals surface area contributed by atoms with Crippen LogP contribution in [0.5, 0.6) is 0 Å². The molecule has 1 N–H and O–H groups in total. The van der Waals surface area contributed by atoms with Crippen LogP contribution in [0, 0.1) is 5.82 Å². The number of furan rings is 1. The van der Waals surface area contributed by atoms with Crippen LogP contribution in [0.25, 0.3) is 11.0 Å². The minimum atomic E-state index is -1.04. The summed E-state index contributed by atoms with van der Waals surface area (Å²) in [6.45, 7) is 0. The molecule has 0 aliphatic rings. The maximum absolute atomic E-state index is 13.4. The Morgan fingerprint density at radius 3 is 2.93 bits per heavy atom. The number of hydrogen-bond donors (Lipinski definition) is 1. The van der Waals surface area contributed by atoms with Gasteiger partial charge in [-0.05, 0) is 12.1 Å². The van der Waals surface area contributed by atoms with Gasteiger partial charge in [-0.3, -0.25) is 4.79 Å². The van der Waals surface area contributed by atoms with Gasteiger partial charge in [0.15, 0.2) is 5.58 Å². The molecule has 0 saturated heterocycles. The maximum atomic E-state index is 13.4. The van der Waals surface area contributed by atoms with Gasteiger partial charge in [-0.1, -0.05) is 11.6 Å². The normalized spacial score (nSPS) is 10.8. The lowest BCUT2D eigenvalue weighted by Gasteiger charge is -1.96. The molecular formula is C10H6ClFO3. The Bertz CT molecular complexity index is 533. The van der Waals surface area contributed by atoms with E-state index in [1.54, 1.807) is 0 Å². The lowest BCUT2D eigenvalue weighted by atomic mass is 10.1. The smallest absolute Gasteiger partial charge is 0.307 e. The number of carboxylic acids is 1. The van der Waals surface area contributed by atoms with Crippen molar-refractivity contribution < 1.29 is 18.7 Å². The summed E-state index contributed by atoms with van der Waals surface area (Å²) in [7, 11) is 0. The molecule has 0 aliphatic heterocycles. The average Bonchev–Trinajstić information content (AvgIpc) is 2.56. The minimum absolute atomic E-state index is 0.143. The Kier molecular flexibility index (Phi) is 2.36. The summed E-state index contributed by atoms with van der Waals surface area (Å²) < 4.78 is 18.4. The highest BCUT2D eigenvalue weighted by Gasteiger charge is 2.15. The van der Waals surface area contributed by atoms with Gasteiger partial charge in [-0.15, -0.1) is 0 Å². The molecule has 0 spiro atoms. The number of hydrogen-bond acceptors (Lipinski definition) is 2. The number of aliphatic carboxylic acids is 1. The van der Waals surface area contributed by atoms with Gasteiger partial charge in [0.2, 0.25) is 0 Å². The second-order valence-corrected chi connectivity index (χ2v) is 3.47. The fourth-order valence-electron chi connectivity index (χ4n) is 1.43. The molecule has 0 bridgehead atoms. The van der Waals surface area contributed by atoms with Gasteiger partial charge in [0.25, 0.3) is 0 Å². The quantitative estimate of drug-likeness (QED) is 0.860. The van der Waals surface area contributed by atoms with Crippen molar-refractivity contribution in [2.24, 2.45) is 0 Å². The number of carbonyl (C=O) groups is 1. The van der Waals surface area contributed by atoms with Crippen molar-refractivity contribution >= 4 is 28.5 Å². The van der Waals surface area contributed by atoms with Crippen molar-refractivity contribution in [3.05, 3.63) is 34.8 Å². The molecule has 1 aromatic carbocycles. The van der Waals surface area contributed by atoms with Gasteiger partial charge in [0, 0.05) is 5.56 Å². The summed E-state index contributed by atoms with van der Waals surface area (Å²) in [5.41, 5.74) is 0.477. The monoisotopic (exact) mass is 228 g/mol. The van der Waals surface area contributed by atoms with Crippen LogP contribution in [0.3, 0.4) is 0 Å². The Morgan fingerprint density at radius 2 is 2.27 bits per heavy atom. The highest BCUT2D eigenvalue weighted by atomic mass is 35.5. The van der Waals surface area contributed by atoms with Gasteiger partial charge < -0.3 is 9.52 Å². The first-order valence-electron chi connectivity index (χ1n) is 4.15. The van der Waals surface area contributed by atoms with E-state index in [0.717, 1.165) is 0 Å². The molecule has 15 heavy (non-hydrogen) atoms. The van der Waals surface area contributed by atoms with Crippen molar-refractivity contribution in [2.45, 2.75) is 6.42 Å². The van der Waals surface area contributed by atoms with Gasteiger partial charge in [-0.25, -0.2) is 4.39 Å². The van der Waals surface area contributed by atoms with Gasteiger partial charge in [0.05, 0.1) is 23.1 Å². The molecular weight excluding hydrogens is 223 g/mol. The van der Waals surface area contributed by atoms with Crippen LogP contribution in [0.2, 0.25) is 5.02 Å². The molecule has 5 heteroatoms. The number of rotatable bonds is 2. The largest absolute Gasteiger partial charge is 0.481 e. The van der Waals surface area contributed by atoms with Crippen molar-refractivity contribution in [1.29, 1.82) is 0 Å². The number of halogens is 2. The standard InChI is InChI=1S/C10H6ClFO3/c11-6-1-2-7(12)9-5(3-8(13)14)4-15-10(6)9/h1-2,4H,3H2,(H,13,14). The molecule has 1 aromatic heterocycles. The van der Waals surface area contributed by atoms with Crippen molar-refractivity contribution in [1.82, 2.24) is 0 Å². The predicted octanol–water partition coefficient (Wildman–Crippen LogP) is 2.85. The van der Waals surface area contributed by atoms with Crippen LogP contribution in [0.4, 0.5) is 4.39 Å². The van der Waals surface area contributed by atoms with Gasteiger partial charge in [-0.2, -0.15) is 0 Å². The third kappa shape index (κ3) is 1.68. The second-order valence-electron chi connectivity index (χ2n) is 3.06. The van der Waals surface area contributed by atoms with E-state index in [0.29, 0.717) is 0 Å². The molecule has 2 rings (SSSR count). The highest BCUT2D eigenvalue weighted by molar-refractivity contribution is 6.34. The van der Waals surface area contributed by atoms with E-state index in [2.05, 4.69) is 0 Å². The van der Waals surface area contributed by atoms with Crippen LogP contribution < -0.4 is 0 Å². The molecule has 0 amide bonds. The van der Waals surface area contributed by atoms with Crippen molar-refractivity contribution in [3.63, 3.8) is 0 Å². The number of fused-ring (bicyclic) bond motifs is 1. The molecule has 0 fully saturated rings. The summed E-state index contributed by atoms with van der Waals surface area (Å²) in [6.07, 6.45) is 0.929. The molecule has 2 aromatic rings. The van der Waals surface area contributed by atoms with Crippen LogP contribution in [0.1, 0.15) is 5.56 Å². The SMILES string of the molecule is O=C(O)Cc1coc2c(Cl)ccc(F)c12. The fraction of sp³-hybridized carbons (Fsp3) is 0.100. The number of carboxylic acid groups (broad SMARTS) is 1. The summed E-state index contributed by atoms with van der Waals surface area (Å²) in [6, 6.07) is 2.55. The minimum Gasteiger partial charge on any atom is -0.481 e.